The van der Waals surface area contributed by atoms with Gasteiger partial charge in [0.05, 0.1) is 13.2 Å². The van der Waals surface area contributed by atoms with Crippen LogP contribution in [0.4, 0.5) is 0 Å². The van der Waals surface area contributed by atoms with Crippen molar-refractivity contribution in [2.24, 2.45) is 5.41 Å². The van der Waals surface area contributed by atoms with Gasteiger partial charge >= 0.3 is 0 Å². The maximum absolute atomic E-state index is 9.67. The summed E-state index contributed by atoms with van der Waals surface area (Å²) in [5.41, 5.74) is 0.238. The summed E-state index contributed by atoms with van der Waals surface area (Å²) in [6.07, 6.45) is 6.12. The van der Waals surface area contributed by atoms with Crippen LogP contribution < -0.4 is 5.32 Å². The van der Waals surface area contributed by atoms with Crippen LogP contribution in [0.2, 0.25) is 0 Å². The van der Waals surface area contributed by atoms with Gasteiger partial charge in [0.15, 0.2) is 0 Å². The van der Waals surface area contributed by atoms with E-state index in [0.29, 0.717) is 18.7 Å². The van der Waals surface area contributed by atoms with Crippen LogP contribution in [0.25, 0.3) is 0 Å². The molecule has 2 aliphatic rings. The van der Waals surface area contributed by atoms with Crippen LogP contribution in [0.1, 0.15) is 46.0 Å². The molecule has 0 spiro atoms. The quantitative estimate of drug-likeness (QED) is 0.778. The molecule has 0 radical (unpaired) electrons. The molecule has 2 atom stereocenters. The summed E-state index contributed by atoms with van der Waals surface area (Å²) in [5, 5.41) is 13.3. The summed E-state index contributed by atoms with van der Waals surface area (Å²) in [6.45, 7) is 9.68. The summed E-state index contributed by atoms with van der Waals surface area (Å²) in [6, 6.07) is 0.874. The van der Waals surface area contributed by atoms with E-state index in [1.165, 1.54) is 19.3 Å². The second-order valence-electron chi connectivity index (χ2n) is 6.99. The van der Waals surface area contributed by atoms with Crippen molar-refractivity contribution in [3.63, 3.8) is 0 Å². The SMILES string of the molecule is CC(C)NCC1(CN2CCCCCC2CO)CCOC1. The van der Waals surface area contributed by atoms with E-state index in [1.54, 1.807) is 0 Å². The highest BCUT2D eigenvalue weighted by molar-refractivity contribution is 4.91. The summed E-state index contributed by atoms with van der Waals surface area (Å²) >= 11 is 0. The topological polar surface area (TPSA) is 44.7 Å². The Hall–Kier alpha value is -0.160. The zero-order chi connectivity index (χ0) is 14.4. The third-order valence-electron chi connectivity index (χ3n) is 4.82. The maximum atomic E-state index is 9.67. The molecule has 2 saturated heterocycles. The Labute approximate surface area is 123 Å². The van der Waals surface area contributed by atoms with E-state index in [2.05, 4.69) is 24.1 Å². The number of aliphatic hydroxyl groups is 1. The van der Waals surface area contributed by atoms with Gasteiger partial charge in [0.1, 0.15) is 0 Å². The van der Waals surface area contributed by atoms with Crippen LogP contribution in [0.3, 0.4) is 0 Å². The van der Waals surface area contributed by atoms with Crippen molar-refractivity contribution in [3.8, 4) is 0 Å². The van der Waals surface area contributed by atoms with E-state index < -0.39 is 0 Å². The second kappa shape index (κ2) is 7.74. The van der Waals surface area contributed by atoms with E-state index in [4.69, 9.17) is 4.74 Å². The van der Waals surface area contributed by atoms with Crippen LogP contribution in [0.5, 0.6) is 0 Å². The highest BCUT2D eigenvalue weighted by Gasteiger charge is 2.38. The highest BCUT2D eigenvalue weighted by atomic mass is 16.5. The van der Waals surface area contributed by atoms with Crippen LogP contribution in [0.15, 0.2) is 0 Å². The predicted molar refractivity (Wildman–Crippen MR) is 81.9 cm³/mol. The number of hydrogen-bond donors (Lipinski definition) is 2. The molecule has 2 fully saturated rings. The van der Waals surface area contributed by atoms with Crippen molar-refractivity contribution in [2.45, 2.75) is 58.0 Å². The molecule has 2 heterocycles. The van der Waals surface area contributed by atoms with Crippen molar-refractivity contribution in [1.29, 1.82) is 0 Å². The molecule has 2 aliphatic heterocycles. The lowest BCUT2D eigenvalue weighted by Crippen LogP contribution is -2.49. The molecule has 0 aromatic rings. The number of ether oxygens (including phenoxy) is 1. The Morgan fingerprint density at radius 3 is 2.85 bits per heavy atom. The van der Waals surface area contributed by atoms with Crippen molar-refractivity contribution in [2.75, 3.05) is 39.5 Å². The minimum Gasteiger partial charge on any atom is -0.395 e. The van der Waals surface area contributed by atoms with Crippen LogP contribution >= 0.6 is 0 Å². The third-order valence-corrected chi connectivity index (χ3v) is 4.82. The van der Waals surface area contributed by atoms with Gasteiger partial charge in [0, 0.05) is 37.2 Å². The van der Waals surface area contributed by atoms with Crippen molar-refractivity contribution < 1.29 is 9.84 Å². The first-order chi connectivity index (χ1) is 9.65. The second-order valence-corrected chi connectivity index (χ2v) is 6.99. The fourth-order valence-corrected chi connectivity index (χ4v) is 3.47. The molecule has 4 nitrogen and oxygen atoms in total. The zero-order valence-corrected chi connectivity index (χ0v) is 13.2. The molecule has 0 aliphatic carbocycles. The van der Waals surface area contributed by atoms with Gasteiger partial charge in [-0.1, -0.05) is 26.7 Å². The fourth-order valence-electron chi connectivity index (χ4n) is 3.47. The van der Waals surface area contributed by atoms with E-state index >= 15 is 0 Å². The van der Waals surface area contributed by atoms with Gasteiger partial charge in [-0.2, -0.15) is 0 Å². The average Bonchev–Trinajstić information content (AvgIpc) is 2.77. The van der Waals surface area contributed by atoms with Gasteiger partial charge in [-0.25, -0.2) is 0 Å². The lowest BCUT2D eigenvalue weighted by atomic mass is 9.85. The zero-order valence-electron chi connectivity index (χ0n) is 13.2. The summed E-state index contributed by atoms with van der Waals surface area (Å²) < 4.78 is 5.71. The first-order valence-corrected chi connectivity index (χ1v) is 8.31. The Morgan fingerprint density at radius 2 is 2.20 bits per heavy atom. The number of likely N-dealkylation sites (tertiary alicyclic amines) is 1. The molecular formula is C16H32N2O2. The molecule has 20 heavy (non-hydrogen) atoms. The molecule has 118 valence electrons. The van der Waals surface area contributed by atoms with Gasteiger partial charge < -0.3 is 15.2 Å². The van der Waals surface area contributed by atoms with Gasteiger partial charge in [-0.3, -0.25) is 4.90 Å². The molecule has 0 amide bonds. The standard InChI is InChI=1S/C16H32N2O2/c1-14(2)17-11-16(7-9-20-13-16)12-18-8-5-3-4-6-15(18)10-19/h14-15,17,19H,3-13H2,1-2H3. The molecular weight excluding hydrogens is 252 g/mol. The summed E-state index contributed by atoms with van der Waals surface area (Å²) in [5.74, 6) is 0. The molecule has 4 heteroatoms. The molecule has 2 unspecified atom stereocenters. The molecule has 2 rings (SSSR count). The molecule has 0 aromatic heterocycles. The van der Waals surface area contributed by atoms with E-state index in [0.717, 1.165) is 45.7 Å². The normalized spacial score (nSPS) is 32.7. The largest absolute Gasteiger partial charge is 0.395 e. The van der Waals surface area contributed by atoms with Crippen molar-refractivity contribution in [1.82, 2.24) is 10.2 Å². The average molecular weight is 284 g/mol. The Morgan fingerprint density at radius 1 is 1.35 bits per heavy atom. The molecule has 2 N–H and O–H groups in total. The van der Waals surface area contributed by atoms with E-state index in [1.807, 2.05) is 0 Å². The van der Waals surface area contributed by atoms with Crippen LogP contribution in [-0.2, 0) is 4.74 Å². The minimum absolute atomic E-state index is 0.238. The number of rotatable bonds is 6. The van der Waals surface area contributed by atoms with Crippen molar-refractivity contribution >= 4 is 0 Å². The minimum atomic E-state index is 0.238. The first kappa shape index (κ1) is 16.2. The first-order valence-electron chi connectivity index (χ1n) is 8.31. The molecule has 0 aromatic carbocycles. The monoisotopic (exact) mass is 284 g/mol. The maximum Gasteiger partial charge on any atom is 0.0586 e. The smallest absolute Gasteiger partial charge is 0.0586 e. The van der Waals surface area contributed by atoms with Crippen LogP contribution in [-0.4, -0.2) is 61.5 Å². The Kier molecular flexibility index (Phi) is 6.27. The summed E-state index contributed by atoms with van der Waals surface area (Å²) in [4.78, 5) is 2.53. The number of nitrogens with zero attached hydrogens (tertiary/aromatic N) is 1. The Balaban J connectivity index is 1.98. The van der Waals surface area contributed by atoms with E-state index in [9.17, 15) is 5.11 Å². The summed E-state index contributed by atoms with van der Waals surface area (Å²) in [7, 11) is 0. The number of aliphatic hydroxyl groups excluding tert-OH is 1. The van der Waals surface area contributed by atoms with Gasteiger partial charge in [-0.05, 0) is 25.8 Å². The lowest BCUT2D eigenvalue weighted by molar-refractivity contribution is 0.0613. The van der Waals surface area contributed by atoms with Gasteiger partial charge in [0.25, 0.3) is 0 Å². The number of nitrogens with one attached hydrogen (secondary N) is 1. The third kappa shape index (κ3) is 4.42. The van der Waals surface area contributed by atoms with Gasteiger partial charge in [0.2, 0.25) is 0 Å². The highest BCUT2D eigenvalue weighted by Crippen LogP contribution is 2.31. The van der Waals surface area contributed by atoms with Crippen LogP contribution in [0, 0.1) is 5.41 Å². The molecule has 0 bridgehead atoms. The molecule has 0 saturated carbocycles. The fraction of sp³-hybridized carbons (Fsp3) is 1.00. The lowest BCUT2D eigenvalue weighted by Gasteiger charge is -2.38. The van der Waals surface area contributed by atoms with Crippen molar-refractivity contribution in [3.05, 3.63) is 0 Å². The predicted octanol–water partition coefficient (Wildman–Crippen LogP) is 1.63. The van der Waals surface area contributed by atoms with Gasteiger partial charge in [-0.15, -0.1) is 0 Å². The number of hydrogen-bond acceptors (Lipinski definition) is 4. The Bertz CT molecular complexity index is 278. The van der Waals surface area contributed by atoms with E-state index in [-0.39, 0.29) is 5.41 Å².